The van der Waals surface area contributed by atoms with Gasteiger partial charge in [-0.15, -0.1) is 0 Å². The van der Waals surface area contributed by atoms with Crippen molar-refractivity contribution in [3.8, 4) is 5.75 Å². The maximum absolute atomic E-state index is 13.8. The number of amides is 1. The van der Waals surface area contributed by atoms with E-state index in [9.17, 15) is 9.59 Å². The van der Waals surface area contributed by atoms with Crippen LogP contribution >= 0.6 is 0 Å². The predicted molar refractivity (Wildman–Crippen MR) is 132 cm³/mol. The molecule has 2 aromatic carbocycles. The van der Waals surface area contributed by atoms with Gasteiger partial charge in [-0.1, -0.05) is 31.5 Å². The summed E-state index contributed by atoms with van der Waals surface area (Å²) in [5.41, 5.74) is 3.30. The number of carbonyl (C=O) groups excluding carboxylic acids is 1. The van der Waals surface area contributed by atoms with Gasteiger partial charge in [0.05, 0.1) is 23.6 Å². The van der Waals surface area contributed by atoms with E-state index in [1.807, 2.05) is 56.3 Å². The molecule has 0 radical (unpaired) electrons. The van der Waals surface area contributed by atoms with Gasteiger partial charge in [0.1, 0.15) is 17.2 Å². The van der Waals surface area contributed by atoms with Crippen LogP contribution in [0, 0.1) is 13.8 Å². The number of benzene rings is 2. The average molecular weight is 455 g/mol. The Morgan fingerprint density at radius 2 is 1.85 bits per heavy atom. The number of aryl methyl sites for hydroxylation is 2. The molecule has 4 aromatic rings. The second kappa shape index (κ2) is 8.78. The third-order valence-electron chi connectivity index (χ3n) is 6.32. The standard InChI is InChI=1S/C28H26N2O4/c1-4-5-13-33-20-10-8-9-19(16-20)25-24-26(31)21-14-17(2)18(3)15-22(21)34-27(24)28(32)30(25)23-11-6-7-12-29-23/h6-12,14-16,25H,4-5,13H2,1-3H3. The second-order valence-corrected chi connectivity index (χ2v) is 8.65. The molecule has 6 nitrogen and oxygen atoms in total. The first kappa shape index (κ1) is 21.9. The number of carbonyl (C=O) groups is 1. The molecule has 34 heavy (non-hydrogen) atoms. The fraction of sp³-hybridized carbons (Fsp3) is 0.250. The fourth-order valence-corrected chi connectivity index (χ4v) is 4.38. The topological polar surface area (TPSA) is 72.6 Å². The fourth-order valence-electron chi connectivity index (χ4n) is 4.38. The number of aromatic nitrogens is 1. The quantitative estimate of drug-likeness (QED) is 0.348. The van der Waals surface area contributed by atoms with Gasteiger partial charge in [0, 0.05) is 6.20 Å². The van der Waals surface area contributed by atoms with E-state index in [1.54, 1.807) is 23.2 Å². The number of rotatable bonds is 6. The summed E-state index contributed by atoms with van der Waals surface area (Å²) in [4.78, 5) is 33.4. The molecule has 3 heterocycles. The van der Waals surface area contributed by atoms with Crippen LogP contribution < -0.4 is 15.1 Å². The van der Waals surface area contributed by atoms with Crippen molar-refractivity contribution in [3.63, 3.8) is 0 Å². The molecular formula is C28H26N2O4. The SMILES string of the molecule is CCCCOc1cccc(C2c3c(oc4cc(C)c(C)cc4c3=O)C(=O)N2c2ccccn2)c1. The Morgan fingerprint density at radius 1 is 1.03 bits per heavy atom. The summed E-state index contributed by atoms with van der Waals surface area (Å²) in [6.07, 6.45) is 3.61. The first-order valence-electron chi connectivity index (χ1n) is 11.5. The van der Waals surface area contributed by atoms with Crippen molar-refractivity contribution in [1.29, 1.82) is 0 Å². The van der Waals surface area contributed by atoms with Gasteiger partial charge in [-0.05, 0) is 73.4 Å². The summed E-state index contributed by atoms with van der Waals surface area (Å²) in [6.45, 7) is 6.63. The van der Waals surface area contributed by atoms with Gasteiger partial charge >= 0.3 is 0 Å². The molecule has 5 rings (SSSR count). The minimum Gasteiger partial charge on any atom is -0.494 e. The Balaban J connectivity index is 1.73. The molecule has 2 aromatic heterocycles. The smallest absolute Gasteiger partial charge is 0.296 e. The number of fused-ring (bicyclic) bond motifs is 2. The van der Waals surface area contributed by atoms with Gasteiger partial charge in [-0.3, -0.25) is 14.5 Å². The largest absolute Gasteiger partial charge is 0.494 e. The van der Waals surface area contributed by atoms with E-state index in [0.29, 0.717) is 34.7 Å². The van der Waals surface area contributed by atoms with Crippen molar-refractivity contribution >= 4 is 22.7 Å². The molecule has 1 unspecified atom stereocenters. The number of unbranched alkanes of at least 4 members (excludes halogenated alkanes) is 1. The van der Waals surface area contributed by atoms with Crippen LogP contribution in [-0.4, -0.2) is 17.5 Å². The zero-order valence-electron chi connectivity index (χ0n) is 19.5. The Bertz CT molecular complexity index is 1440. The van der Waals surface area contributed by atoms with Gasteiger partial charge in [0.2, 0.25) is 5.76 Å². The molecule has 0 bridgehead atoms. The lowest BCUT2D eigenvalue weighted by Crippen LogP contribution is -2.30. The molecule has 1 aliphatic rings. The van der Waals surface area contributed by atoms with Crippen LogP contribution in [0.5, 0.6) is 5.75 Å². The highest BCUT2D eigenvalue weighted by Crippen LogP contribution is 2.41. The number of nitrogens with zero attached hydrogens (tertiary/aromatic N) is 2. The zero-order valence-corrected chi connectivity index (χ0v) is 19.5. The highest BCUT2D eigenvalue weighted by atomic mass is 16.5. The maximum atomic E-state index is 13.8. The monoisotopic (exact) mass is 454 g/mol. The van der Waals surface area contributed by atoms with Crippen LogP contribution in [-0.2, 0) is 0 Å². The highest BCUT2D eigenvalue weighted by Gasteiger charge is 2.44. The van der Waals surface area contributed by atoms with Gasteiger partial charge in [0.25, 0.3) is 5.91 Å². The molecule has 0 aliphatic carbocycles. The number of pyridine rings is 1. The molecule has 0 saturated carbocycles. The first-order chi connectivity index (χ1) is 16.5. The Labute approximate surface area is 197 Å². The summed E-state index contributed by atoms with van der Waals surface area (Å²) < 4.78 is 12.0. The van der Waals surface area contributed by atoms with Crippen LogP contribution in [0.1, 0.15) is 58.6 Å². The van der Waals surface area contributed by atoms with E-state index < -0.39 is 6.04 Å². The molecule has 1 atom stereocenters. The lowest BCUT2D eigenvalue weighted by molar-refractivity contribution is 0.0970. The second-order valence-electron chi connectivity index (χ2n) is 8.65. The lowest BCUT2D eigenvalue weighted by Gasteiger charge is -2.24. The molecule has 6 heteroatoms. The van der Waals surface area contributed by atoms with Crippen LogP contribution in [0.25, 0.3) is 11.0 Å². The normalized spacial score (nSPS) is 15.1. The minimum atomic E-state index is -0.672. The van der Waals surface area contributed by atoms with Crippen LogP contribution in [0.3, 0.4) is 0 Å². The Hall–Kier alpha value is -3.93. The van der Waals surface area contributed by atoms with Crippen molar-refractivity contribution in [2.75, 3.05) is 11.5 Å². The molecule has 1 amide bonds. The highest BCUT2D eigenvalue weighted by molar-refractivity contribution is 6.10. The van der Waals surface area contributed by atoms with Crippen molar-refractivity contribution in [2.24, 2.45) is 0 Å². The van der Waals surface area contributed by atoms with Crippen LogP contribution in [0.2, 0.25) is 0 Å². The number of ether oxygens (including phenoxy) is 1. The van der Waals surface area contributed by atoms with Crippen molar-refractivity contribution in [2.45, 2.75) is 39.7 Å². The summed E-state index contributed by atoms with van der Waals surface area (Å²) in [5.74, 6) is 0.837. The van der Waals surface area contributed by atoms with Crippen molar-refractivity contribution < 1.29 is 13.9 Å². The van der Waals surface area contributed by atoms with E-state index in [2.05, 4.69) is 11.9 Å². The number of hydrogen-bond acceptors (Lipinski definition) is 5. The van der Waals surface area contributed by atoms with Crippen molar-refractivity contribution in [1.82, 2.24) is 4.98 Å². The maximum Gasteiger partial charge on any atom is 0.296 e. The molecular weight excluding hydrogens is 428 g/mol. The summed E-state index contributed by atoms with van der Waals surface area (Å²) in [6, 6.07) is 15.9. The van der Waals surface area contributed by atoms with Crippen molar-refractivity contribution in [3.05, 3.63) is 99.0 Å². The number of anilines is 1. The molecule has 172 valence electrons. The van der Waals surface area contributed by atoms with Crippen LogP contribution in [0.15, 0.2) is 70.0 Å². The van der Waals surface area contributed by atoms with Crippen LogP contribution in [0.4, 0.5) is 5.82 Å². The molecule has 0 N–H and O–H groups in total. The van der Waals surface area contributed by atoms with E-state index in [1.165, 1.54) is 0 Å². The third-order valence-corrected chi connectivity index (χ3v) is 6.32. The summed E-state index contributed by atoms with van der Waals surface area (Å²) in [7, 11) is 0. The van der Waals surface area contributed by atoms with Gasteiger partial charge in [-0.25, -0.2) is 4.98 Å². The Morgan fingerprint density at radius 3 is 2.62 bits per heavy atom. The Kier molecular flexibility index (Phi) is 5.65. The molecule has 0 spiro atoms. The van der Waals surface area contributed by atoms with Gasteiger partial charge < -0.3 is 9.15 Å². The molecule has 1 aliphatic heterocycles. The zero-order chi connectivity index (χ0) is 23.8. The predicted octanol–water partition coefficient (Wildman–Crippen LogP) is 5.73. The van der Waals surface area contributed by atoms with E-state index in [4.69, 9.17) is 9.15 Å². The first-order valence-corrected chi connectivity index (χ1v) is 11.5. The molecule has 0 fully saturated rings. The third kappa shape index (κ3) is 3.65. The summed E-state index contributed by atoms with van der Waals surface area (Å²) in [5, 5.41) is 0.470. The minimum absolute atomic E-state index is 0.0636. The summed E-state index contributed by atoms with van der Waals surface area (Å²) >= 11 is 0. The van der Waals surface area contributed by atoms with E-state index in [0.717, 1.165) is 29.5 Å². The van der Waals surface area contributed by atoms with E-state index in [-0.39, 0.29) is 17.1 Å². The average Bonchev–Trinajstić information content (AvgIpc) is 3.14. The van der Waals surface area contributed by atoms with Gasteiger partial charge in [-0.2, -0.15) is 0 Å². The van der Waals surface area contributed by atoms with E-state index >= 15 is 0 Å². The number of hydrogen-bond donors (Lipinski definition) is 0. The van der Waals surface area contributed by atoms with Gasteiger partial charge in [0.15, 0.2) is 5.43 Å². The molecule has 0 saturated heterocycles. The lowest BCUT2D eigenvalue weighted by atomic mass is 9.97.